The molecule has 0 bridgehead atoms. The van der Waals surface area contributed by atoms with Crippen LogP contribution in [-0.4, -0.2) is 52.1 Å². The zero-order chi connectivity index (χ0) is 27.8. The van der Waals surface area contributed by atoms with E-state index in [0.717, 1.165) is 60.4 Å². The number of aryl methyl sites for hydroxylation is 1. The summed E-state index contributed by atoms with van der Waals surface area (Å²) in [4.78, 5) is 29.0. The highest BCUT2D eigenvalue weighted by Crippen LogP contribution is 2.26. The van der Waals surface area contributed by atoms with E-state index in [-0.39, 0.29) is 35.6 Å². The standard InChI is InChI=1S/C31H32FN5O3.ClH/c1-21-4-3-5-28-29(21)37(27-12-10-26(11-13-27)36-20-40-22(2)33-36)31(39)35(28)19-18-34-16-14-24(15-17-34)30(38)23-6-8-25(32)9-7-23;/h3-13,24H,14-20H2,1-2H3;1H. The van der Waals surface area contributed by atoms with Crippen molar-refractivity contribution >= 4 is 40.8 Å². The first-order valence-electron chi connectivity index (χ1n) is 13.7. The number of halogens is 2. The lowest BCUT2D eigenvalue weighted by atomic mass is 9.89. The molecule has 1 aromatic heterocycles. The highest BCUT2D eigenvalue weighted by atomic mass is 35.5. The van der Waals surface area contributed by atoms with Crippen LogP contribution in [0.15, 0.2) is 76.6 Å². The fourth-order valence-electron chi connectivity index (χ4n) is 5.73. The second-order valence-corrected chi connectivity index (χ2v) is 10.5. The van der Waals surface area contributed by atoms with E-state index in [4.69, 9.17) is 4.74 Å². The molecule has 2 aliphatic rings. The van der Waals surface area contributed by atoms with Gasteiger partial charge in [-0.25, -0.2) is 14.2 Å². The molecule has 0 N–H and O–H groups in total. The number of nitrogens with zero attached hydrogens (tertiary/aromatic N) is 5. The highest BCUT2D eigenvalue weighted by molar-refractivity contribution is 5.97. The van der Waals surface area contributed by atoms with Crippen molar-refractivity contribution in [3.8, 4) is 5.69 Å². The number of ketones is 1. The summed E-state index contributed by atoms with van der Waals surface area (Å²) in [6.07, 6.45) is 1.51. The fraction of sp³-hybridized carbons (Fsp3) is 0.323. The van der Waals surface area contributed by atoms with Crippen LogP contribution in [0.5, 0.6) is 0 Å². The van der Waals surface area contributed by atoms with E-state index in [1.54, 1.807) is 21.7 Å². The molecule has 8 nitrogen and oxygen atoms in total. The highest BCUT2D eigenvalue weighted by Gasteiger charge is 2.26. The van der Waals surface area contributed by atoms with Crippen molar-refractivity contribution in [3.63, 3.8) is 0 Å². The van der Waals surface area contributed by atoms with Crippen molar-refractivity contribution in [1.29, 1.82) is 0 Å². The number of para-hydroxylation sites is 1. The van der Waals surface area contributed by atoms with Gasteiger partial charge in [-0.3, -0.25) is 13.9 Å². The second kappa shape index (κ2) is 11.9. The van der Waals surface area contributed by atoms with E-state index in [9.17, 15) is 14.0 Å². The van der Waals surface area contributed by atoms with E-state index >= 15 is 0 Å². The number of fused-ring (bicyclic) bond motifs is 1. The van der Waals surface area contributed by atoms with Crippen LogP contribution in [0, 0.1) is 18.7 Å². The van der Waals surface area contributed by atoms with E-state index < -0.39 is 0 Å². The lowest BCUT2D eigenvalue weighted by Crippen LogP contribution is -2.39. The number of aromatic nitrogens is 2. The maximum absolute atomic E-state index is 13.8. The minimum atomic E-state index is -0.336. The van der Waals surface area contributed by atoms with Gasteiger partial charge in [-0.05, 0) is 93.0 Å². The quantitative estimate of drug-likeness (QED) is 0.276. The molecule has 0 radical (unpaired) electrons. The predicted octanol–water partition coefficient (Wildman–Crippen LogP) is 5.38. The van der Waals surface area contributed by atoms with Gasteiger partial charge in [0.05, 0.1) is 22.4 Å². The maximum atomic E-state index is 13.8. The minimum Gasteiger partial charge on any atom is -0.457 e. The molecule has 1 fully saturated rings. The molecule has 3 heterocycles. The molecule has 4 aromatic rings. The molecule has 3 aromatic carbocycles. The molecule has 0 aliphatic carbocycles. The zero-order valence-electron chi connectivity index (χ0n) is 23.1. The topological polar surface area (TPSA) is 72.1 Å². The van der Waals surface area contributed by atoms with E-state index in [1.165, 1.54) is 12.1 Å². The average molecular weight is 578 g/mol. The van der Waals surface area contributed by atoms with Gasteiger partial charge in [0.25, 0.3) is 0 Å². The third kappa shape index (κ3) is 5.64. The summed E-state index contributed by atoms with van der Waals surface area (Å²) >= 11 is 0. The van der Waals surface area contributed by atoms with Gasteiger partial charge < -0.3 is 9.64 Å². The summed E-state index contributed by atoms with van der Waals surface area (Å²) in [6.45, 7) is 7.07. The number of likely N-dealkylation sites (tertiary alicyclic amines) is 1. The van der Waals surface area contributed by atoms with Gasteiger partial charge >= 0.3 is 5.69 Å². The Balaban J connectivity index is 0.00000337. The number of hydrogen-bond donors (Lipinski definition) is 0. The molecule has 2 aliphatic heterocycles. The Bertz CT molecular complexity index is 1640. The number of Topliss-reactive ketones (excluding diaryl/α,β-unsaturated/α-hetero) is 1. The van der Waals surface area contributed by atoms with Gasteiger partial charge in [0.15, 0.2) is 12.5 Å². The Morgan fingerprint density at radius 3 is 2.29 bits per heavy atom. The Morgan fingerprint density at radius 1 is 0.951 bits per heavy atom. The van der Waals surface area contributed by atoms with Crippen LogP contribution >= 0.6 is 12.4 Å². The molecule has 0 atom stereocenters. The average Bonchev–Trinajstić information content (AvgIpc) is 3.53. The summed E-state index contributed by atoms with van der Waals surface area (Å²) in [7, 11) is 0. The monoisotopic (exact) mass is 577 g/mol. The summed E-state index contributed by atoms with van der Waals surface area (Å²) in [5.41, 5.74) is 5.04. The number of carbonyl (C=O) groups excluding carboxylic acids is 1. The van der Waals surface area contributed by atoms with Crippen LogP contribution in [-0.2, 0) is 11.3 Å². The molecule has 10 heteroatoms. The Morgan fingerprint density at radius 2 is 1.63 bits per heavy atom. The van der Waals surface area contributed by atoms with Gasteiger partial charge in [-0.1, -0.05) is 12.1 Å². The van der Waals surface area contributed by atoms with Gasteiger partial charge in [-0.2, -0.15) is 0 Å². The summed E-state index contributed by atoms with van der Waals surface area (Å²) in [5.74, 6) is 0.318. The molecule has 1 saturated heterocycles. The first-order valence-corrected chi connectivity index (χ1v) is 13.7. The van der Waals surface area contributed by atoms with Crippen LogP contribution in [0.2, 0.25) is 0 Å². The van der Waals surface area contributed by atoms with Gasteiger partial charge in [0, 0.05) is 31.5 Å². The number of benzene rings is 3. The molecule has 214 valence electrons. The van der Waals surface area contributed by atoms with Gasteiger partial charge in [-0.15, -0.1) is 17.5 Å². The van der Waals surface area contributed by atoms with E-state index in [0.29, 0.717) is 24.7 Å². The van der Waals surface area contributed by atoms with E-state index in [1.807, 2.05) is 60.9 Å². The number of carbonyl (C=O) groups is 1. The Hall–Kier alpha value is -3.95. The van der Waals surface area contributed by atoms with Crippen molar-refractivity contribution < 1.29 is 13.9 Å². The van der Waals surface area contributed by atoms with Crippen molar-refractivity contribution in [3.05, 3.63) is 94.2 Å². The molecule has 0 saturated carbocycles. The van der Waals surface area contributed by atoms with Crippen molar-refractivity contribution in [2.75, 3.05) is 31.4 Å². The SMILES string of the molecule is CC1=NN(c2ccc(-n3c(=O)n(CCN4CCC(C(=O)c5ccc(F)cc5)CC4)c4cccc(C)c43)cc2)CO1.Cl. The third-order valence-corrected chi connectivity index (χ3v) is 7.94. The molecule has 6 rings (SSSR count). The largest absolute Gasteiger partial charge is 0.457 e. The fourth-order valence-corrected chi connectivity index (χ4v) is 5.73. The number of hydrazone groups is 1. The first kappa shape index (κ1) is 28.6. The molecule has 0 unspecified atom stereocenters. The predicted molar refractivity (Wildman–Crippen MR) is 161 cm³/mol. The van der Waals surface area contributed by atoms with E-state index in [2.05, 4.69) is 10.0 Å². The Kier molecular flexibility index (Phi) is 8.28. The van der Waals surface area contributed by atoms with Crippen LogP contribution in [0.4, 0.5) is 10.1 Å². The number of ether oxygens (including phenoxy) is 1. The lowest BCUT2D eigenvalue weighted by Gasteiger charge is -2.31. The maximum Gasteiger partial charge on any atom is 0.333 e. The molecular formula is C31H33ClFN5O3. The number of rotatable bonds is 7. The summed E-state index contributed by atoms with van der Waals surface area (Å²) in [6, 6.07) is 19.6. The smallest absolute Gasteiger partial charge is 0.333 e. The third-order valence-electron chi connectivity index (χ3n) is 7.94. The summed E-state index contributed by atoms with van der Waals surface area (Å²) in [5, 5.41) is 6.15. The minimum absolute atomic E-state index is 0. The normalized spacial score (nSPS) is 16.0. The number of anilines is 1. The van der Waals surface area contributed by atoms with Gasteiger partial charge in [0.2, 0.25) is 5.90 Å². The molecular weight excluding hydrogens is 545 g/mol. The van der Waals surface area contributed by atoms with Gasteiger partial charge in [0.1, 0.15) is 5.82 Å². The zero-order valence-corrected chi connectivity index (χ0v) is 23.9. The number of imidazole rings is 1. The number of hydrogen-bond acceptors (Lipinski definition) is 6. The van der Waals surface area contributed by atoms with Crippen molar-refractivity contribution in [2.45, 2.75) is 33.2 Å². The van der Waals surface area contributed by atoms with Crippen LogP contribution in [0.25, 0.3) is 16.7 Å². The van der Waals surface area contributed by atoms with Crippen molar-refractivity contribution in [2.24, 2.45) is 11.0 Å². The van der Waals surface area contributed by atoms with Crippen molar-refractivity contribution in [1.82, 2.24) is 14.0 Å². The van der Waals surface area contributed by atoms with Crippen LogP contribution in [0.1, 0.15) is 35.7 Å². The Labute approximate surface area is 244 Å². The molecule has 0 amide bonds. The molecule has 41 heavy (non-hydrogen) atoms. The lowest BCUT2D eigenvalue weighted by molar-refractivity contribution is 0.0837. The van der Waals surface area contributed by atoms with Crippen LogP contribution in [0.3, 0.4) is 0 Å². The van der Waals surface area contributed by atoms with Crippen LogP contribution < -0.4 is 10.7 Å². The first-order chi connectivity index (χ1) is 19.4. The summed E-state index contributed by atoms with van der Waals surface area (Å²) < 4.78 is 22.3. The molecule has 0 spiro atoms. The number of piperidine rings is 1. The second-order valence-electron chi connectivity index (χ2n) is 10.5.